The van der Waals surface area contributed by atoms with Gasteiger partial charge in [0.2, 0.25) is 0 Å². The van der Waals surface area contributed by atoms with E-state index in [4.69, 9.17) is 14.6 Å². The van der Waals surface area contributed by atoms with Crippen LogP contribution in [-0.4, -0.2) is 59.3 Å². The highest BCUT2D eigenvalue weighted by Crippen LogP contribution is 2.31. The van der Waals surface area contributed by atoms with Crippen molar-refractivity contribution in [3.63, 3.8) is 0 Å². The van der Waals surface area contributed by atoms with Crippen molar-refractivity contribution in [3.8, 4) is 11.5 Å². The summed E-state index contributed by atoms with van der Waals surface area (Å²) in [5.74, 6) is 2.33. The van der Waals surface area contributed by atoms with Gasteiger partial charge in [-0.1, -0.05) is 0 Å². The zero-order valence-electron chi connectivity index (χ0n) is 12.2. The van der Waals surface area contributed by atoms with Crippen LogP contribution >= 0.6 is 11.8 Å². The quantitative estimate of drug-likeness (QED) is 0.853. The summed E-state index contributed by atoms with van der Waals surface area (Å²) in [4.78, 5) is 17.5. The Labute approximate surface area is 128 Å². The second-order valence-electron chi connectivity index (χ2n) is 4.79. The number of thioether (sulfide) groups is 1. The first-order valence-electron chi connectivity index (χ1n) is 6.75. The van der Waals surface area contributed by atoms with E-state index in [1.165, 1.54) is 0 Å². The van der Waals surface area contributed by atoms with E-state index < -0.39 is 5.97 Å². The lowest BCUT2D eigenvalue weighted by Crippen LogP contribution is -2.43. The van der Waals surface area contributed by atoms with E-state index in [0.717, 1.165) is 23.7 Å². The number of carbonyl (C=O) groups is 1. The lowest BCUT2D eigenvalue weighted by atomic mass is 10.1. The molecule has 1 aliphatic heterocycles. The van der Waals surface area contributed by atoms with Gasteiger partial charge in [0.25, 0.3) is 0 Å². The number of rotatable bonds is 6. The van der Waals surface area contributed by atoms with Gasteiger partial charge in [-0.2, -0.15) is 11.8 Å². The number of hydrogen-bond acceptors (Lipinski definition) is 6. The predicted molar refractivity (Wildman–Crippen MR) is 81.1 cm³/mol. The summed E-state index contributed by atoms with van der Waals surface area (Å²) < 4.78 is 10.7. The first-order valence-corrected chi connectivity index (χ1v) is 7.90. The van der Waals surface area contributed by atoms with Crippen molar-refractivity contribution in [2.24, 2.45) is 0 Å². The molecule has 21 heavy (non-hydrogen) atoms. The fourth-order valence-electron chi connectivity index (χ4n) is 2.44. The Morgan fingerprint density at radius 2 is 2.33 bits per heavy atom. The number of carboxylic acid groups (broad SMARTS) is 1. The van der Waals surface area contributed by atoms with Crippen LogP contribution in [0.5, 0.6) is 11.5 Å². The van der Waals surface area contributed by atoms with E-state index in [-0.39, 0.29) is 12.5 Å². The Balaban J connectivity index is 2.17. The minimum Gasteiger partial charge on any atom is -0.493 e. The molecule has 1 aliphatic rings. The third-order valence-corrected chi connectivity index (χ3v) is 4.57. The molecule has 1 saturated heterocycles. The van der Waals surface area contributed by atoms with Crippen LogP contribution in [0.2, 0.25) is 0 Å². The van der Waals surface area contributed by atoms with E-state index in [0.29, 0.717) is 18.0 Å². The van der Waals surface area contributed by atoms with Gasteiger partial charge < -0.3 is 14.6 Å². The number of carboxylic acids is 1. The van der Waals surface area contributed by atoms with Gasteiger partial charge in [0.05, 0.1) is 20.6 Å². The Hall–Kier alpha value is -1.47. The van der Waals surface area contributed by atoms with Crippen LogP contribution in [0, 0.1) is 0 Å². The van der Waals surface area contributed by atoms with E-state index in [1.807, 2.05) is 0 Å². The largest absolute Gasteiger partial charge is 0.493 e. The molecule has 1 N–H and O–H groups in total. The molecule has 1 fully saturated rings. The lowest BCUT2D eigenvalue weighted by molar-refractivity contribution is -0.138. The summed E-state index contributed by atoms with van der Waals surface area (Å²) >= 11 is 1.80. The van der Waals surface area contributed by atoms with E-state index in [1.54, 1.807) is 38.2 Å². The number of methoxy groups -OCH3 is 2. The van der Waals surface area contributed by atoms with E-state index in [9.17, 15) is 4.79 Å². The molecule has 2 rings (SSSR count). The number of nitrogens with zero attached hydrogens (tertiary/aromatic N) is 2. The van der Waals surface area contributed by atoms with Crippen molar-refractivity contribution >= 4 is 17.7 Å². The van der Waals surface area contributed by atoms with Gasteiger partial charge in [0.1, 0.15) is 5.69 Å². The maximum Gasteiger partial charge on any atom is 0.304 e. The van der Waals surface area contributed by atoms with Crippen molar-refractivity contribution < 1.29 is 19.4 Å². The van der Waals surface area contributed by atoms with Crippen LogP contribution in [0.15, 0.2) is 12.3 Å². The first-order chi connectivity index (χ1) is 10.2. The SMILES string of the molecule is COc1ccnc(CN2CCSCC2CC(=O)O)c1OC. The smallest absolute Gasteiger partial charge is 0.304 e. The molecule has 116 valence electrons. The number of ether oxygens (including phenoxy) is 2. The highest BCUT2D eigenvalue weighted by atomic mass is 32.2. The van der Waals surface area contributed by atoms with E-state index in [2.05, 4.69) is 9.88 Å². The maximum atomic E-state index is 11.0. The molecule has 7 heteroatoms. The number of hydrogen-bond donors (Lipinski definition) is 1. The molecule has 2 heterocycles. The van der Waals surface area contributed by atoms with Crippen LogP contribution < -0.4 is 9.47 Å². The molecule has 1 atom stereocenters. The van der Waals surface area contributed by atoms with Gasteiger partial charge >= 0.3 is 5.97 Å². The number of pyridine rings is 1. The standard InChI is InChI=1S/C14H20N2O4S/c1-19-12-3-4-15-11(14(12)20-2)8-16-5-6-21-9-10(16)7-13(17)18/h3-4,10H,5-9H2,1-2H3,(H,17,18). The summed E-state index contributed by atoms with van der Waals surface area (Å²) in [5, 5.41) is 9.04. The molecular formula is C14H20N2O4S. The van der Waals surface area contributed by atoms with Crippen molar-refractivity contribution in [2.75, 3.05) is 32.3 Å². The fraction of sp³-hybridized carbons (Fsp3) is 0.571. The van der Waals surface area contributed by atoms with Crippen LogP contribution in [-0.2, 0) is 11.3 Å². The van der Waals surface area contributed by atoms with Crippen LogP contribution in [0.3, 0.4) is 0 Å². The summed E-state index contributed by atoms with van der Waals surface area (Å²) in [6.07, 6.45) is 1.83. The molecule has 1 unspecified atom stereocenters. The molecule has 1 aromatic rings. The Kier molecular flexibility index (Phi) is 5.69. The Morgan fingerprint density at radius 1 is 1.52 bits per heavy atom. The fourth-order valence-corrected chi connectivity index (χ4v) is 3.57. The van der Waals surface area contributed by atoms with Crippen molar-refractivity contribution in [1.82, 2.24) is 9.88 Å². The van der Waals surface area contributed by atoms with Gasteiger partial charge in [-0.25, -0.2) is 0 Å². The predicted octanol–water partition coefficient (Wildman–Crippen LogP) is 1.49. The highest BCUT2D eigenvalue weighted by molar-refractivity contribution is 7.99. The molecule has 6 nitrogen and oxygen atoms in total. The van der Waals surface area contributed by atoms with Gasteiger partial charge in [-0.15, -0.1) is 0 Å². The maximum absolute atomic E-state index is 11.0. The zero-order chi connectivity index (χ0) is 15.2. The molecule has 1 aromatic heterocycles. The van der Waals surface area contributed by atoms with Crippen LogP contribution in [0.4, 0.5) is 0 Å². The summed E-state index contributed by atoms with van der Waals surface area (Å²) in [7, 11) is 3.18. The average molecular weight is 312 g/mol. The van der Waals surface area contributed by atoms with Crippen molar-refractivity contribution in [2.45, 2.75) is 19.0 Å². The second kappa shape index (κ2) is 7.51. The normalized spacial score (nSPS) is 19.2. The van der Waals surface area contributed by atoms with Gasteiger partial charge in [-0.05, 0) is 0 Å². The topological polar surface area (TPSA) is 71.9 Å². The molecule has 0 radical (unpaired) electrons. The molecule has 0 amide bonds. The van der Waals surface area contributed by atoms with Crippen molar-refractivity contribution in [1.29, 1.82) is 0 Å². The average Bonchev–Trinajstić information content (AvgIpc) is 2.48. The molecule has 0 aromatic carbocycles. The second-order valence-corrected chi connectivity index (χ2v) is 5.94. The van der Waals surface area contributed by atoms with Crippen LogP contribution in [0.25, 0.3) is 0 Å². The Bertz CT molecular complexity index is 498. The monoisotopic (exact) mass is 312 g/mol. The van der Waals surface area contributed by atoms with Gasteiger partial charge in [0, 0.05) is 42.9 Å². The molecule has 0 aliphatic carbocycles. The molecular weight excluding hydrogens is 292 g/mol. The van der Waals surface area contributed by atoms with Crippen molar-refractivity contribution in [3.05, 3.63) is 18.0 Å². The summed E-state index contributed by atoms with van der Waals surface area (Å²) in [5.41, 5.74) is 0.777. The highest BCUT2D eigenvalue weighted by Gasteiger charge is 2.26. The van der Waals surface area contributed by atoms with E-state index >= 15 is 0 Å². The summed E-state index contributed by atoms with van der Waals surface area (Å²) in [6.45, 7) is 1.42. The Morgan fingerprint density at radius 3 is 3.00 bits per heavy atom. The van der Waals surface area contributed by atoms with Gasteiger partial charge in [0.15, 0.2) is 11.5 Å². The van der Waals surface area contributed by atoms with Crippen LogP contribution in [0.1, 0.15) is 12.1 Å². The number of aliphatic carboxylic acids is 1. The zero-order valence-corrected chi connectivity index (χ0v) is 13.1. The van der Waals surface area contributed by atoms with Gasteiger partial charge in [-0.3, -0.25) is 14.7 Å². The molecule has 0 saturated carbocycles. The summed E-state index contributed by atoms with van der Waals surface area (Å²) in [6, 6.07) is 1.78. The number of aromatic nitrogens is 1. The minimum atomic E-state index is -0.766. The lowest BCUT2D eigenvalue weighted by Gasteiger charge is -2.34. The third-order valence-electron chi connectivity index (χ3n) is 3.48. The first kappa shape index (κ1) is 15.9. The minimum absolute atomic E-state index is 0.0268. The molecule has 0 bridgehead atoms. The third kappa shape index (κ3) is 4.01. The molecule has 0 spiro atoms.